The van der Waals surface area contributed by atoms with Gasteiger partial charge in [0.05, 0.1) is 20.1 Å². The molecule has 0 unspecified atom stereocenters. The average Bonchev–Trinajstić information content (AvgIpc) is 2.87. The summed E-state index contributed by atoms with van der Waals surface area (Å²) in [6.07, 6.45) is 23.4. The molecule has 0 radical (unpaired) electrons. The molecule has 0 fully saturated rings. The van der Waals surface area contributed by atoms with Crippen LogP contribution in [-0.4, -0.2) is 41.6 Å². The Morgan fingerprint density at radius 2 is 1.14 bits per heavy atom. The number of anilines is 1. The Balaban J connectivity index is 2.57. The normalized spacial score (nSPS) is 11.8. The number of carboxylic acids is 1. The van der Waals surface area contributed by atoms with E-state index in [1.807, 2.05) is 12.1 Å². The molecular weight excluding hydrogens is 460 g/mol. The Labute approximate surface area is 227 Å². The fraction of sp³-hybridized carbons (Fsp3) is 0.688. The Hall–Kier alpha value is -2.14. The van der Waals surface area contributed by atoms with Crippen LogP contribution >= 0.6 is 0 Å². The minimum atomic E-state index is -1.13. The number of rotatable bonds is 23. The van der Waals surface area contributed by atoms with Gasteiger partial charge in [0.1, 0.15) is 6.54 Å². The van der Waals surface area contributed by atoms with Crippen molar-refractivity contribution < 1.29 is 19.2 Å². The van der Waals surface area contributed by atoms with E-state index in [2.05, 4.69) is 38.3 Å². The maximum Gasteiger partial charge on any atom is 0.328 e. The van der Waals surface area contributed by atoms with Gasteiger partial charge in [0.15, 0.2) is 0 Å². The molecule has 0 aliphatic rings. The summed E-state index contributed by atoms with van der Waals surface area (Å²) in [5.74, 6) is -1.56. The number of carbonyl (C=O) groups excluding carboxylic acids is 1. The molecule has 5 heteroatoms. The molecule has 0 spiro atoms. The van der Waals surface area contributed by atoms with Gasteiger partial charge in [-0.1, -0.05) is 103 Å². The number of nitrogens with one attached hydrogen (secondary N) is 1. The molecule has 0 aliphatic carbocycles. The highest BCUT2D eigenvalue weighted by Crippen LogP contribution is 2.20. The van der Waals surface area contributed by atoms with Crippen LogP contribution in [0.25, 0.3) is 0 Å². The van der Waals surface area contributed by atoms with E-state index in [-0.39, 0.29) is 0 Å². The van der Waals surface area contributed by atoms with E-state index in [0.717, 1.165) is 23.2 Å². The van der Waals surface area contributed by atoms with Gasteiger partial charge in [-0.25, -0.2) is 4.79 Å². The molecular formula is C32H55N2O3+. The third-order valence-corrected chi connectivity index (χ3v) is 7.27. The van der Waals surface area contributed by atoms with Gasteiger partial charge in [-0.15, -0.1) is 0 Å². The SMILES string of the molecule is CCCCCCCCCC[N+](C)(CCCCCCCCCC)Cc1ccc(NC(=O)C=CC(=O)O)cc1. The molecule has 0 saturated heterocycles. The van der Waals surface area contributed by atoms with E-state index >= 15 is 0 Å². The zero-order valence-corrected chi connectivity index (χ0v) is 24.1. The summed E-state index contributed by atoms with van der Waals surface area (Å²) in [7, 11) is 2.41. The number of quaternary nitrogens is 1. The fourth-order valence-electron chi connectivity index (χ4n) is 4.99. The number of amides is 1. The van der Waals surface area contributed by atoms with Gasteiger partial charge in [0.2, 0.25) is 5.91 Å². The largest absolute Gasteiger partial charge is 0.478 e. The monoisotopic (exact) mass is 515 g/mol. The molecule has 5 nitrogen and oxygen atoms in total. The fourth-order valence-corrected chi connectivity index (χ4v) is 4.99. The molecule has 1 amide bonds. The second kappa shape index (κ2) is 20.9. The molecule has 2 N–H and O–H groups in total. The van der Waals surface area contributed by atoms with Crippen LogP contribution in [0.2, 0.25) is 0 Å². The molecule has 0 atom stereocenters. The standard InChI is InChI=1S/C32H54N2O3/c1-4-6-8-10-12-14-16-18-26-34(3,27-19-17-15-13-11-9-7-5-2)28-29-20-22-30(23-21-29)33-31(35)24-25-32(36)37/h20-25H,4-19,26-28H2,1-3H3,(H-,33,35,36,37)/p+1. The van der Waals surface area contributed by atoms with Crippen molar-refractivity contribution in [2.75, 3.05) is 25.5 Å². The van der Waals surface area contributed by atoms with E-state index in [9.17, 15) is 9.59 Å². The van der Waals surface area contributed by atoms with Crippen molar-refractivity contribution in [3.8, 4) is 0 Å². The summed E-state index contributed by atoms with van der Waals surface area (Å²) in [5, 5.41) is 11.4. The quantitative estimate of drug-likeness (QED) is 0.0872. The van der Waals surface area contributed by atoms with Gasteiger partial charge >= 0.3 is 5.97 Å². The zero-order valence-electron chi connectivity index (χ0n) is 24.1. The average molecular weight is 516 g/mol. The number of aliphatic carboxylic acids is 1. The minimum absolute atomic E-state index is 0.430. The molecule has 37 heavy (non-hydrogen) atoms. The third kappa shape index (κ3) is 17.9. The summed E-state index contributed by atoms with van der Waals surface area (Å²) >= 11 is 0. The third-order valence-electron chi connectivity index (χ3n) is 7.27. The van der Waals surface area contributed by atoms with Crippen molar-refractivity contribution in [1.29, 1.82) is 0 Å². The molecule has 1 aromatic carbocycles. The van der Waals surface area contributed by atoms with Gasteiger partial charge in [-0.05, 0) is 37.8 Å². The summed E-state index contributed by atoms with van der Waals surface area (Å²) in [4.78, 5) is 22.5. The number of carbonyl (C=O) groups is 2. The topological polar surface area (TPSA) is 66.4 Å². The van der Waals surface area contributed by atoms with Crippen molar-refractivity contribution >= 4 is 17.6 Å². The highest BCUT2D eigenvalue weighted by atomic mass is 16.4. The van der Waals surface area contributed by atoms with E-state index < -0.39 is 11.9 Å². The lowest BCUT2D eigenvalue weighted by Gasteiger charge is -2.35. The smallest absolute Gasteiger partial charge is 0.328 e. The summed E-state index contributed by atoms with van der Waals surface area (Å²) < 4.78 is 1.07. The van der Waals surface area contributed by atoms with Crippen LogP contribution in [0.1, 0.15) is 122 Å². The van der Waals surface area contributed by atoms with Crippen LogP contribution in [-0.2, 0) is 16.1 Å². The number of carboxylic acid groups (broad SMARTS) is 1. The number of benzene rings is 1. The Kier molecular flexibility index (Phi) is 18.5. The first-order valence-corrected chi connectivity index (χ1v) is 15.0. The second-order valence-electron chi connectivity index (χ2n) is 11.0. The second-order valence-corrected chi connectivity index (χ2v) is 11.0. The molecule has 1 rings (SSSR count). The Bertz CT molecular complexity index is 738. The van der Waals surface area contributed by atoms with E-state index in [0.29, 0.717) is 5.69 Å². The summed E-state index contributed by atoms with van der Waals surface area (Å²) in [6.45, 7) is 7.97. The number of hydrogen-bond acceptors (Lipinski definition) is 2. The van der Waals surface area contributed by atoms with Gasteiger partial charge < -0.3 is 14.9 Å². The maximum absolute atomic E-state index is 11.9. The zero-order chi connectivity index (χ0) is 27.2. The van der Waals surface area contributed by atoms with Crippen LogP contribution in [0.3, 0.4) is 0 Å². The maximum atomic E-state index is 11.9. The van der Waals surface area contributed by atoms with E-state index in [1.54, 1.807) is 0 Å². The molecule has 0 aliphatic heterocycles. The van der Waals surface area contributed by atoms with Gasteiger partial charge in [-0.3, -0.25) is 4.79 Å². The Morgan fingerprint density at radius 3 is 1.57 bits per heavy atom. The predicted molar refractivity (Wildman–Crippen MR) is 157 cm³/mol. The first-order valence-electron chi connectivity index (χ1n) is 15.0. The molecule has 0 bridgehead atoms. The first-order chi connectivity index (χ1) is 17.9. The van der Waals surface area contributed by atoms with Crippen LogP contribution < -0.4 is 5.32 Å². The van der Waals surface area contributed by atoms with Crippen molar-refractivity contribution in [2.45, 2.75) is 123 Å². The Morgan fingerprint density at radius 1 is 0.703 bits per heavy atom. The molecule has 0 saturated carbocycles. The van der Waals surface area contributed by atoms with Crippen LogP contribution in [0.4, 0.5) is 5.69 Å². The van der Waals surface area contributed by atoms with Gasteiger partial charge in [-0.2, -0.15) is 0 Å². The van der Waals surface area contributed by atoms with Crippen molar-refractivity contribution in [1.82, 2.24) is 0 Å². The number of nitrogens with zero attached hydrogens (tertiary/aromatic N) is 1. The predicted octanol–water partition coefficient (Wildman–Crippen LogP) is 8.49. The van der Waals surface area contributed by atoms with E-state index in [1.165, 1.54) is 121 Å². The summed E-state index contributed by atoms with van der Waals surface area (Å²) in [5.41, 5.74) is 1.96. The molecule has 1 aromatic rings. The minimum Gasteiger partial charge on any atom is -0.478 e. The lowest BCUT2D eigenvalue weighted by atomic mass is 10.1. The molecule has 210 valence electrons. The molecule has 0 heterocycles. The highest BCUT2D eigenvalue weighted by Gasteiger charge is 2.21. The van der Waals surface area contributed by atoms with Crippen LogP contribution in [0.5, 0.6) is 0 Å². The van der Waals surface area contributed by atoms with Crippen LogP contribution in [0.15, 0.2) is 36.4 Å². The van der Waals surface area contributed by atoms with Crippen LogP contribution in [0, 0.1) is 0 Å². The number of hydrogen-bond donors (Lipinski definition) is 2. The van der Waals surface area contributed by atoms with Crippen molar-refractivity contribution in [3.63, 3.8) is 0 Å². The van der Waals surface area contributed by atoms with Crippen molar-refractivity contribution in [3.05, 3.63) is 42.0 Å². The van der Waals surface area contributed by atoms with Crippen molar-refractivity contribution in [2.24, 2.45) is 0 Å². The molecule has 0 aromatic heterocycles. The van der Waals surface area contributed by atoms with Gasteiger partial charge in [0, 0.05) is 23.4 Å². The first kappa shape index (κ1) is 32.9. The number of unbranched alkanes of at least 4 members (excludes halogenated alkanes) is 14. The lowest BCUT2D eigenvalue weighted by molar-refractivity contribution is -0.923. The van der Waals surface area contributed by atoms with Gasteiger partial charge in [0.25, 0.3) is 0 Å². The van der Waals surface area contributed by atoms with E-state index in [4.69, 9.17) is 5.11 Å². The highest BCUT2D eigenvalue weighted by molar-refractivity contribution is 6.02. The lowest BCUT2D eigenvalue weighted by Crippen LogP contribution is -2.44. The summed E-state index contributed by atoms with van der Waals surface area (Å²) in [6, 6.07) is 8.01.